The minimum atomic E-state index is 0.681. The van der Waals surface area contributed by atoms with Crippen LogP contribution in [0, 0.1) is 11.3 Å². The van der Waals surface area contributed by atoms with E-state index in [9.17, 15) is 5.26 Å². The number of anilines is 2. The highest BCUT2D eigenvalue weighted by atomic mass is 32.2. The van der Waals surface area contributed by atoms with Crippen molar-refractivity contribution in [1.29, 1.82) is 5.26 Å². The molecule has 0 saturated carbocycles. The molecule has 98 valence electrons. The third-order valence-electron chi connectivity index (χ3n) is 2.87. The molecule has 0 spiro atoms. The highest BCUT2D eigenvalue weighted by Gasteiger charge is 2.11. The molecule has 0 aliphatic rings. The Morgan fingerprint density at radius 2 is 2.21 bits per heavy atom. The molecule has 1 aromatic carbocycles. The number of aryl methyl sites for hydroxylation is 2. The lowest BCUT2D eigenvalue weighted by atomic mass is 10.2. The first-order chi connectivity index (χ1) is 9.19. The van der Waals surface area contributed by atoms with Crippen LogP contribution >= 0.6 is 11.8 Å². The number of nitriles is 1. The van der Waals surface area contributed by atoms with Gasteiger partial charge in [0.25, 0.3) is 0 Å². The molecule has 4 nitrogen and oxygen atoms in total. The molecule has 0 unspecified atom stereocenters. The van der Waals surface area contributed by atoms with Crippen LogP contribution in [0.15, 0.2) is 29.3 Å². The zero-order chi connectivity index (χ0) is 13.8. The van der Waals surface area contributed by atoms with Crippen molar-refractivity contribution in [2.75, 3.05) is 11.6 Å². The van der Waals surface area contributed by atoms with Crippen molar-refractivity contribution in [2.45, 2.75) is 18.2 Å². The number of benzene rings is 1. The zero-order valence-corrected chi connectivity index (χ0v) is 12.1. The summed E-state index contributed by atoms with van der Waals surface area (Å²) >= 11 is 1.58. The molecule has 1 heterocycles. The Morgan fingerprint density at radius 1 is 1.42 bits per heavy atom. The van der Waals surface area contributed by atoms with E-state index in [1.54, 1.807) is 16.4 Å². The van der Waals surface area contributed by atoms with Crippen LogP contribution < -0.4 is 5.32 Å². The molecule has 0 radical (unpaired) electrons. The number of hydrogen-bond donors (Lipinski definition) is 1. The summed E-state index contributed by atoms with van der Waals surface area (Å²) in [5.74, 6) is 0. The molecular weight excluding hydrogens is 256 g/mol. The van der Waals surface area contributed by atoms with Crippen molar-refractivity contribution < 1.29 is 0 Å². The Kier molecular flexibility index (Phi) is 4.13. The fraction of sp³-hybridized carbons (Fsp3) is 0.286. The summed E-state index contributed by atoms with van der Waals surface area (Å²) in [6, 6.07) is 8.10. The van der Waals surface area contributed by atoms with Gasteiger partial charge in [-0.25, -0.2) is 0 Å². The third kappa shape index (κ3) is 2.74. The Morgan fingerprint density at radius 3 is 2.84 bits per heavy atom. The van der Waals surface area contributed by atoms with Gasteiger partial charge in [-0.05, 0) is 24.8 Å². The highest BCUT2D eigenvalue weighted by molar-refractivity contribution is 7.98. The van der Waals surface area contributed by atoms with Gasteiger partial charge in [0.15, 0.2) is 0 Å². The number of nitrogens with one attached hydrogen (secondary N) is 1. The van der Waals surface area contributed by atoms with Crippen molar-refractivity contribution in [3.8, 4) is 6.07 Å². The molecule has 1 aromatic heterocycles. The second-order valence-corrected chi connectivity index (χ2v) is 4.98. The average Bonchev–Trinajstić information content (AvgIpc) is 2.78. The Bertz CT molecular complexity index is 625. The predicted octanol–water partition coefficient (Wildman–Crippen LogP) is 3.32. The minimum Gasteiger partial charge on any atom is -0.352 e. The smallest absolute Gasteiger partial charge is 0.103 e. The molecule has 0 saturated heterocycles. The van der Waals surface area contributed by atoms with Crippen molar-refractivity contribution >= 4 is 23.1 Å². The monoisotopic (exact) mass is 272 g/mol. The highest BCUT2D eigenvalue weighted by Crippen LogP contribution is 2.29. The van der Waals surface area contributed by atoms with Gasteiger partial charge in [-0.15, -0.1) is 11.8 Å². The maximum atomic E-state index is 9.32. The van der Waals surface area contributed by atoms with Crippen molar-refractivity contribution in [3.63, 3.8) is 0 Å². The molecule has 2 aromatic rings. The van der Waals surface area contributed by atoms with Gasteiger partial charge in [0.2, 0.25) is 0 Å². The Hall–Kier alpha value is -1.93. The topological polar surface area (TPSA) is 53.6 Å². The predicted molar refractivity (Wildman–Crippen MR) is 78.8 cm³/mol. The maximum absolute atomic E-state index is 9.32. The van der Waals surface area contributed by atoms with Gasteiger partial charge in [-0.1, -0.05) is 13.0 Å². The fourth-order valence-electron chi connectivity index (χ4n) is 1.97. The summed E-state index contributed by atoms with van der Waals surface area (Å²) in [6.45, 7) is 2.07. The molecule has 0 fully saturated rings. The van der Waals surface area contributed by atoms with Crippen LogP contribution in [0.3, 0.4) is 0 Å². The quantitative estimate of drug-likeness (QED) is 0.867. The van der Waals surface area contributed by atoms with Crippen molar-refractivity contribution in [3.05, 3.63) is 35.7 Å². The lowest BCUT2D eigenvalue weighted by Gasteiger charge is -2.09. The zero-order valence-electron chi connectivity index (χ0n) is 11.3. The van der Waals surface area contributed by atoms with E-state index >= 15 is 0 Å². The Labute approximate surface area is 117 Å². The third-order valence-corrected chi connectivity index (χ3v) is 3.65. The van der Waals surface area contributed by atoms with Crippen molar-refractivity contribution in [1.82, 2.24) is 9.78 Å². The van der Waals surface area contributed by atoms with Crippen LogP contribution in [0.5, 0.6) is 0 Å². The van der Waals surface area contributed by atoms with Gasteiger partial charge in [-0.2, -0.15) is 10.4 Å². The largest absolute Gasteiger partial charge is 0.352 e. The van der Waals surface area contributed by atoms with Crippen LogP contribution in [-0.4, -0.2) is 16.0 Å². The van der Waals surface area contributed by atoms with Gasteiger partial charge in [0.1, 0.15) is 6.07 Å². The standard InChI is InChI=1S/C14H16N4S/c1-4-11-13(9-18(2)17-11)16-12-6-5-7-14(19-3)10(12)8-15/h5-7,9,16H,4H2,1-3H3. The van der Waals surface area contributed by atoms with E-state index in [1.165, 1.54) is 0 Å². The Balaban J connectivity index is 2.41. The molecule has 1 N–H and O–H groups in total. The average molecular weight is 272 g/mol. The molecule has 5 heteroatoms. The van der Waals surface area contributed by atoms with E-state index in [1.807, 2.05) is 37.7 Å². The van der Waals surface area contributed by atoms with Gasteiger partial charge in [0, 0.05) is 18.1 Å². The summed E-state index contributed by atoms with van der Waals surface area (Å²) in [4.78, 5) is 0.981. The molecule has 0 amide bonds. The van der Waals surface area contributed by atoms with Crippen molar-refractivity contribution in [2.24, 2.45) is 7.05 Å². The van der Waals surface area contributed by atoms with Gasteiger partial charge >= 0.3 is 0 Å². The number of hydrogen-bond acceptors (Lipinski definition) is 4. The number of rotatable bonds is 4. The van der Waals surface area contributed by atoms with Crippen LogP contribution in [0.1, 0.15) is 18.2 Å². The van der Waals surface area contributed by atoms with Gasteiger partial charge in [0.05, 0.1) is 22.6 Å². The number of thioether (sulfide) groups is 1. The fourth-order valence-corrected chi connectivity index (χ4v) is 2.54. The van der Waals surface area contributed by atoms with E-state index in [4.69, 9.17) is 0 Å². The van der Waals surface area contributed by atoms with Crippen LogP contribution in [-0.2, 0) is 13.5 Å². The minimum absolute atomic E-state index is 0.681. The molecule has 19 heavy (non-hydrogen) atoms. The van der Waals surface area contributed by atoms with E-state index in [0.29, 0.717) is 5.56 Å². The van der Waals surface area contributed by atoms with E-state index in [-0.39, 0.29) is 0 Å². The first-order valence-electron chi connectivity index (χ1n) is 6.06. The first-order valence-corrected chi connectivity index (χ1v) is 7.28. The van der Waals surface area contributed by atoms with E-state index < -0.39 is 0 Å². The SMILES string of the molecule is CCc1nn(C)cc1Nc1cccc(SC)c1C#N. The molecule has 0 bridgehead atoms. The number of nitrogens with zero attached hydrogens (tertiary/aromatic N) is 3. The molecular formula is C14H16N4S. The molecule has 0 atom stereocenters. The maximum Gasteiger partial charge on any atom is 0.103 e. The molecule has 0 aliphatic carbocycles. The summed E-state index contributed by atoms with van der Waals surface area (Å²) in [5.41, 5.74) is 3.47. The van der Waals surface area contributed by atoms with Gasteiger partial charge in [-0.3, -0.25) is 4.68 Å². The normalized spacial score (nSPS) is 10.2. The molecule has 0 aliphatic heterocycles. The van der Waals surface area contributed by atoms with Crippen LogP contribution in [0.2, 0.25) is 0 Å². The van der Waals surface area contributed by atoms with E-state index in [0.717, 1.165) is 28.4 Å². The second kappa shape index (κ2) is 5.81. The summed E-state index contributed by atoms with van der Waals surface area (Å²) in [6.07, 6.45) is 4.76. The molecule has 2 rings (SSSR count). The van der Waals surface area contributed by atoms with Gasteiger partial charge < -0.3 is 5.32 Å². The van der Waals surface area contributed by atoms with Crippen LogP contribution in [0.4, 0.5) is 11.4 Å². The summed E-state index contributed by atoms with van der Waals surface area (Å²) in [7, 11) is 1.90. The first kappa shape index (κ1) is 13.5. The van der Waals surface area contributed by atoms with E-state index in [2.05, 4.69) is 23.4 Å². The second-order valence-electron chi connectivity index (χ2n) is 4.14. The summed E-state index contributed by atoms with van der Waals surface area (Å²) < 4.78 is 1.78. The number of aromatic nitrogens is 2. The van der Waals surface area contributed by atoms with Crippen LogP contribution in [0.25, 0.3) is 0 Å². The summed E-state index contributed by atoms with van der Waals surface area (Å²) in [5, 5.41) is 17.0. The lowest BCUT2D eigenvalue weighted by molar-refractivity contribution is 0.746. The lowest BCUT2D eigenvalue weighted by Crippen LogP contribution is -1.96.